The van der Waals surface area contributed by atoms with Gasteiger partial charge in [-0.2, -0.15) is 11.8 Å². The van der Waals surface area contributed by atoms with Gasteiger partial charge in [-0.1, -0.05) is 13.0 Å². The summed E-state index contributed by atoms with van der Waals surface area (Å²) in [4.78, 5) is 6.08. The van der Waals surface area contributed by atoms with E-state index in [2.05, 4.69) is 57.0 Å². The van der Waals surface area contributed by atoms with Gasteiger partial charge in [-0.15, -0.1) is 21.5 Å². The van der Waals surface area contributed by atoms with Crippen molar-refractivity contribution in [1.82, 2.24) is 25.4 Å². The first-order valence-electron chi connectivity index (χ1n) is 9.19. The molecular weight excluding hydrogens is 364 g/mol. The molecule has 0 radical (unpaired) electrons. The molecule has 3 rings (SSSR count). The summed E-state index contributed by atoms with van der Waals surface area (Å²) in [5.74, 6) is 3.85. The van der Waals surface area contributed by atoms with Crippen molar-refractivity contribution < 1.29 is 0 Å². The molecule has 2 N–H and O–H groups in total. The average Bonchev–Trinajstić information content (AvgIpc) is 3.36. The first-order chi connectivity index (χ1) is 12.7. The first kappa shape index (κ1) is 19.2. The number of hydrogen-bond donors (Lipinski definition) is 2. The van der Waals surface area contributed by atoms with E-state index < -0.39 is 0 Å². The quantitative estimate of drug-likeness (QED) is 0.560. The number of aromatic nitrogens is 3. The number of hydrogen-bond acceptors (Lipinski definition) is 5. The number of rotatable bonds is 7. The van der Waals surface area contributed by atoms with Crippen LogP contribution in [-0.4, -0.2) is 37.8 Å². The van der Waals surface area contributed by atoms with Gasteiger partial charge in [0, 0.05) is 23.2 Å². The summed E-state index contributed by atoms with van der Waals surface area (Å²) >= 11 is 3.84. The lowest BCUT2D eigenvalue weighted by molar-refractivity contribution is 0.611. The number of guanidine groups is 1. The Morgan fingerprint density at radius 3 is 3.00 bits per heavy atom. The molecule has 6 nitrogen and oxygen atoms in total. The van der Waals surface area contributed by atoms with E-state index in [4.69, 9.17) is 4.99 Å². The normalized spacial score (nSPS) is 20.5. The van der Waals surface area contributed by atoms with E-state index in [0.717, 1.165) is 29.4 Å². The summed E-state index contributed by atoms with van der Waals surface area (Å²) in [6, 6.07) is 4.72. The van der Waals surface area contributed by atoms with Gasteiger partial charge < -0.3 is 15.2 Å². The monoisotopic (exact) mass is 392 g/mol. The number of aryl methyl sites for hydroxylation is 1. The maximum Gasteiger partial charge on any atom is 0.192 e. The Morgan fingerprint density at radius 1 is 1.42 bits per heavy atom. The Bertz CT molecular complexity index is 709. The van der Waals surface area contributed by atoms with Crippen molar-refractivity contribution in [2.75, 3.05) is 5.75 Å². The Balaban J connectivity index is 1.62. The van der Waals surface area contributed by atoms with Crippen molar-refractivity contribution >= 4 is 29.1 Å². The summed E-state index contributed by atoms with van der Waals surface area (Å²) in [7, 11) is 1.98. The fourth-order valence-electron chi connectivity index (χ4n) is 3.13. The Labute approximate surface area is 163 Å². The van der Waals surface area contributed by atoms with Crippen LogP contribution in [0.3, 0.4) is 0 Å². The highest BCUT2D eigenvalue weighted by molar-refractivity contribution is 7.99. The van der Waals surface area contributed by atoms with E-state index in [-0.39, 0.29) is 0 Å². The molecule has 1 saturated carbocycles. The second-order valence-electron chi connectivity index (χ2n) is 6.55. The molecule has 0 aliphatic heterocycles. The van der Waals surface area contributed by atoms with Crippen LogP contribution in [0.2, 0.25) is 0 Å². The van der Waals surface area contributed by atoms with Crippen molar-refractivity contribution in [3.8, 4) is 0 Å². The SMILES string of the molecule is CCSC1CCC(NC(=NCc2nnc(C)n2C)NCc2cccs2)C1. The number of nitrogens with zero attached hydrogens (tertiary/aromatic N) is 4. The smallest absolute Gasteiger partial charge is 0.192 e. The van der Waals surface area contributed by atoms with Gasteiger partial charge in [0.1, 0.15) is 12.4 Å². The van der Waals surface area contributed by atoms with Crippen LogP contribution in [0.25, 0.3) is 0 Å². The van der Waals surface area contributed by atoms with Crippen LogP contribution in [0, 0.1) is 6.92 Å². The molecule has 2 heterocycles. The largest absolute Gasteiger partial charge is 0.354 e. The predicted octanol–water partition coefficient (Wildman–Crippen LogP) is 3.09. The van der Waals surface area contributed by atoms with Gasteiger partial charge in [0.2, 0.25) is 0 Å². The highest BCUT2D eigenvalue weighted by Crippen LogP contribution is 2.29. The lowest BCUT2D eigenvalue weighted by atomic mass is 10.2. The summed E-state index contributed by atoms with van der Waals surface area (Å²) < 4.78 is 1.99. The summed E-state index contributed by atoms with van der Waals surface area (Å²) in [6.45, 7) is 5.51. The van der Waals surface area contributed by atoms with Gasteiger partial charge >= 0.3 is 0 Å². The standard InChI is InChI=1S/C18H28N6S2/c1-4-25-15-8-7-14(10-15)21-18(19-11-16-6-5-9-26-16)20-12-17-23-22-13(2)24(17)3/h5-6,9,14-15H,4,7-8,10-12H2,1-3H3,(H2,19,20,21). The highest BCUT2D eigenvalue weighted by atomic mass is 32.2. The number of nitrogens with one attached hydrogen (secondary N) is 2. The number of thiophene rings is 1. The van der Waals surface area contributed by atoms with Crippen molar-refractivity contribution in [3.05, 3.63) is 34.0 Å². The molecule has 0 bridgehead atoms. The second-order valence-corrected chi connectivity index (χ2v) is 9.16. The maximum absolute atomic E-state index is 4.77. The van der Waals surface area contributed by atoms with Crippen LogP contribution in [0.1, 0.15) is 42.7 Å². The van der Waals surface area contributed by atoms with E-state index in [1.807, 2.05) is 18.5 Å². The minimum absolute atomic E-state index is 0.495. The molecule has 1 fully saturated rings. The predicted molar refractivity (Wildman–Crippen MR) is 111 cm³/mol. The van der Waals surface area contributed by atoms with E-state index in [1.165, 1.54) is 29.9 Å². The minimum Gasteiger partial charge on any atom is -0.354 e. The average molecular weight is 393 g/mol. The Hall–Kier alpha value is -1.54. The third-order valence-electron chi connectivity index (χ3n) is 4.70. The molecule has 0 saturated heterocycles. The van der Waals surface area contributed by atoms with Gasteiger partial charge in [-0.3, -0.25) is 0 Å². The fourth-order valence-corrected chi connectivity index (χ4v) is 4.91. The van der Waals surface area contributed by atoms with Crippen LogP contribution in [0.4, 0.5) is 0 Å². The Morgan fingerprint density at radius 2 is 2.31 bits per heavy atom. The van der Waals surface area contributed by atoms with E-state index in [9.17, 15) is 0 Å². The van der Waals surface area contributed by atoms with Gasteiger partial charge in [-0.25, -0.2) is 4.99 Å². The van der Waals surface area contributed by atoms with Crippen molar-refractivity contribution in [2.45, 2.75) is 57.5 Å². The van der Waals surface area contributed by atoms with Crippen LogP contribution in [0.5, 0.6) is 0 Å². The topological polar surface area (TPSA) is 67.1 Å². The highest BCUT2D eigenvalue weighted by Gasteiger charge is 2.25. The van der Waals surface area contributed by atoms with Crippen molar-refractivity contribution in [3.63, 3.8) is 0 Å². The lowest BCUT2D eigenvalue weighted by Crippen LogP contribution is -2.42. The zero-order valence-corrected chi connectivity index (χ0v) is 17.4. The fraction of sp³-hybridized carbons (Fsp3) is 0.611. The maximum atomic E-state index is 4.77. The first-order valence-corrected chi connectivity index (χ1v) is 11.1. The minimum atomic E-state index is 0.495. The third kappa shape index (κ3) is 5.23. The molecule has 2 aromatic heterocycles. The molecule has 2 aromatic rings. The number of aliphatic imine (C=N–C) groups is 1. The van der Waals surface area contributed by atoms with Gasteiger partial charge in [0.25, 0.3) is 0 Å². The molecule has 0 aromatic carbocycles. The van der Waals surface area contributed by atoms with Crippen LogP contribution in [-0.2, 0) is 20.1 Å². The van der Waals surface area contributed by atoms with E-state index in [0.29, 0.717) is 12.6 Å². The third-order valence-corrected chi connectivity index (χ3v) is 6.81. The zero-order chi connectivity index (χ0) is 18.4. The van der Waals surface area contributed by atoms with E-state index in [1.54, 1.807) is 11.3 Å². The zero-order valence-electron chi connectivity index (χ0n) is 15.7. The van der Waals surface area contributed by atoms with Gasteiger partial charge in [0.15, 0.2) is 11.8 Å². The van der Waals surface area contributed by atoms with Gasteiger partial charge in [0.05, 0.1) is 6.54 Å². The molecule has 2 atom stereocenters. The molecule has 2 unspecified atom stereocenters. The molecular formula is C18H28N6S2. The molecule has 0 amide bonds. The molecule has 1 aliphatic carbocycles. The molecule has 1 aliphatic rings. The van der Waals surface area contributed by atoms with Crippen LogP contribution >= 0.6 is 23.1 Å². The lowest BCUT2D eigenvalue weighted by Gasteiger charge is -2.18. The molecule has 142 valence electrons. The second kappa shape index (κ2) is 9.41. The van der Waals surface area contributed by atoms with Crippen LogP contribution in [0.15, 0.2) is 22.5 Å². The van der Waals surface area contributed by atoms with Crippen molar-refractivity contribution in [1.29, 1.82) is 0 Å². The molecule has 8 heteroatoms. The number of thioether (sulfide) groups is 1. The van der Waals surface area contributed by atoms with Gasteiger partial charge in [-0.05, 0) is 43.4 Å². The summed E-state index contributed by atoms with van der Waals surface area (Å²) in [5.41, 5.74) is 0. The molecule has 26 heavy (non-hydrogen) atoms. The van der Waals surface area contributed by atoms with E-state index >= 15 is 0 Å². The van der Waals surface area contributed by atoms with Crippen molar-refractivity contribution in [2.24, 2.45) is 12.0 Å². The summed E-state index contributed by atoms with van der Waals surface area (Å²) in [5, 5.41) is 18.3. The molecule has 0 spiro atoms. The Kier molecular flexibility index (Phi) is 6.96. The van der Waals surface area contributed by atoms with Crippen LogP contribution < -0.4 is 10.6 Å². The summed E-state index contributed by atoms with van der Waals surface area (Å²) in [6.07, 6.45) is 3.71.